The van der Waals surface area contributed by atoms with Crippen molar-refractivity contribution in [2.75, 3.05) is 0 Å². The van der Waals surface area contributed by atoms with Gasteiger partial charge in [0.05, 0.1) is 6.10 Å². The van der Waals surface area contributed by atoms with Crippen molar-refractivity contribution in [1.29, 1.82) is 0 Å². The van der Waals surface area contributed by atoms with Crippen LogP contribution in [-0.4, -0.2) is 23.8 Å². The molecule has 2 aliphatic rings. The minimum Gasteiger partial charge on any atom is -0.489 e. The average molecular weight is 342 g/mol. The predicted molar refractivity (Wildman–Crippen MR) is 85.7 cm³/mol. The lowest BCUT2D eigenvalue weighted by Gasteiger charge is -2.33. The molecular formula is C18H24F2O4. The van der Waals surface area contributed by atoms with Gasteiger partial charge >= 0.3 is 5.97 Å². The zero-order chi connectivity index (χ0) is 18.0. The molecule has 0 bridgehead atoms. The van der Waals surface area contributed by atoms with Crippen LogP contribution in [0.25, 0.3) is 0 Å². The first-order chi connectivity index (χ1) is 11.3. The van der Waals surface area contributed by atoms with Crippen molar-refractivity contribution >= 4 is 5.97 Å². The molecule has 1 aliphatic heterocycles. The third kappa shape index (κ3) is 4.16. The summed E-state index contributed by atoms with van der Waals surface area (Å²) in [5.41, 5.74) is 0.221. The summed E-state index contributed by atoms with van der Waals surface area (Å²) in [7, 11) is 0. The standard InChI is InChI=1S/C16H18F2O4.C2H6/c1-15(2)21-12-5-3-4-11(13(12)14(19)22-15)20-10-6-8-16(17,18)9-7-10;1-2/h3-5,10H,6-9H2,1-2H3;1-2H3. The van der Waals surface area contributed by atoms with Gasteiger partial charge in [0.25, 0.3) is 0 Å². The van der Waals surface area contributed by atoms with E-state index in [-0.39, 0.29) is 37.4 Å². The molecule has 0 spiro atoms. The lowest BCUT2D eigenvalue weighted by Crippen LogP contribution is -2.39. The summed E-state index contributed by atoms with van der Waals surface area (Å²) in [4.78, 5) is 12.2. The van der Waals surface area contributed by atoms with E-state index >= 15 is 0 Å². The second-order valence-corrected chi connectivity index (χ2v) is 6.19. The number of hydrogen-bond donors (Lipinski definition) is 0. The van der Waals surface area contributed by atoms with Gasteiger partial charge in [0.2, 0.25) is 11.7 Å². The fraction of sp³-hybridized carbons (Fsp3) is 0.611. The van der Waals surface area contributed by atoms with Gasteiger partial charge in [0.1, 0.15) is 17.1 Å². The number of hydrogen-bond acceptors (Lipinski definition) is 4. The molecule has 0 N–H and O–H groups in total. The van der Waals surface area contributed by atoms with E-state index < -0.39 is 17.7 Å². The van der Waals surface area contributed by atoms with Crippen LogP contribution in [0.2, 0.25) is 0 Å². The molecule has 6 heteroatoms. The molecule has 0 radical (unpaired) electrons. The molecule has 0 unspecified atom stereocenters. The van der Waals surface area contributed by atoms with Crippen molar-refractivity contribution in [2.24, 2.45) is 0 Å². The van der Waals surface area contributed by atoms with Crippen LogP contribution in [-0.2, 0) is 4.74 Å². The summed E-state index contributed by atoms with van der Waals surface area (Å²) < 4.78 is 43.0. The summed E-state index contributed by atoms with van der Waals surface area (Å²) in [6.07, 6.45) is -0.189. The number of rotatable bonds is 2. The van der Waals surface area contributed by atoms with Crippen LogP contribution in [0.4, 0.5) is 8.78 Å². The second-order valence-electron chi connectivity index (χ2n) is 6.19. The van der Waals surface area contributed by atoms with E-state index in [4.69, 9.17) is 14.2 Å². The van der Waals surface area contributed by atoms with Gasteiger partial charge in [-0.1, -0.05) is 19.9 Å². The van der Waals surface area contributed by atoms with Gasteiger partial charge < -0.3 is 14.2 Å². The number of fused-ring (bicyclic) bond motifs is 1. The first kappa shape index (κ1) is 18.5. The van der Waals surface area contributed by atoms with E-state index in [9.17, 15) is 13.6 Å². The topological polar surface area (TPSA) is 44.8 Å². The van der Waals surface area contributed by atoms with Crippen LogP contribution < -0.4 is 9.47 Å². The largest absolute Gasteiger partial charge is 0.489 e. The Bertz CT molecular complexity index is 589. The number of benzene rings is 1. The van der Waals surface area contributed by atoms with E-state index in [1.165, 1.54) is 0 Å². The van der Waals surface area contributed by atoms with Crippen LogP contribution >= 0.6 is 0 Å². The summed E-state index contributed by atoms with van der Waals surface area (Å²) in [5, 5.41) is 0. The van der Waals surface area contributed by atoms with Gasteiger partial charge in [-0.3, -0.25) is 0 Å². The van der Waals surface area contributed by atoms with Crippen molar-refractivity contribution in [1.82, 2.24) is 0 Å². The number of ether oxygens (including phenoxy) is 3. The van der Waals surface area contributed by atoms with Crippen LogP contribution in [0, 0.1) is 0 Å². The fourth-order valence-corrected chi connectivity index (χ4v) is 2.77. The Balaban J connectivity index is 0.00000100. The van der Waals surface area contributed by atoms with Crippen LogP contribution in [0.1, 0.15) is 63.7 Å². The Labute approximate surface area is 141 Å². The molecule has 3 rings (SSSR count). The Kier molecular flexibility index (Phi) is 5.35. The van der Waals surface area contributed by atoms with E-state index in [2.05, 4.69) is 0 Å². The third-order valence-electron chi connectivity index (χ3n) is 3.84. The summed E-state index contributed by atoms with van der Waals surface area (Å²) >= 11 is 0. The highest BCUT2D eigenvalue weighted by Crippen LogP contribution is 2.39. The average Bonchev–Trinajstić information content (AvgIpc) is 2.50. The van der Waals surface area contributed by atoms with Crippen molar-refractivity contribution in [2.45, 2.75) is 71.2 Å². The summed E-state index contributed by atoms with van der Waals surface area (Å²) in [6.45, 7) is 7.29. The monoisotopic (exact) mass is 342 g/mol. The number of halogens is 2. The van der Waals surface area contributed by atoms with Crippen molar-refractivity contribution in [3.63, 3.8) is 0 Å². The first-order valence-corrected chi connectivity index (χ1v) is 8.36. The zero-order valence-electron chi connectivity index (χ0n) is 14.5. The summed E-state index contributed by atoms with van der Waals surface area (Å²) in [5.74, 6) is -3.45. The SMILES string of the molecule is CC.CC1(C)OC(=O)c2c(OC3CCC(F)(F)CC3)cccc2O1. The van der Waals surface area contributed by atoms with E-state index in [1.807, 2.05) is 13.8 Å². The highest BCUT2D eigenvalue weighted by Gasteiger charge is 2.38. The molecular weight excluding hydrogens is 318 g/mol. The molecule has 134 valence electrons. The maximum Gasteiger partial charge on any atom is 0.349 e. The number of alkyl halides is 2. The van der Waals surface area contributed by atoms with Gasteiger partial charge in [0.15, 0.2) is 0 Å². The molecule has 0 atom stereocenters. The minimum atomic E-state index is -2.61. The number of esters is 1. The van der Waals surface area contributed by atoms with Crippen LogP contribution in [0.5, 0.6) is 11.5 Å². The van der Waals surface area contributed by atoms with Crippen molar-refractivity contribution < 1.29 is 27.8 Å². The van der Waals surface area contributed by atoms with E-state index in [1.54, 1.807) is 32.0 Å². The smallest absolute Gasteiger partial charge is 0.349 e. The Morgan fingerprint density at radius 1 is 1.12 bits per heavy atom. The van der Waals surface area contributed by atoms with Crippen LogP contribution in [0.15, 0.2) is 18.2 Å². The lowest BCUT2D eigenvalue weighted by molar-refractivity contribution is -0.128. The van der Waals surface area contributed by atoms with Crippen LogP contribution in [0.3, 0.4) is 0 Å². The zero-order valence-corrected chi connectivity index (χ0v) is 14.5. The maximum absolute atomic E-state index is 13.2. The van der Waals surface area contributed by atoms with Gasteiger partial charge in [-0.25, -0.2) is 13.6 Å². The Morgan fingerprint density at radius 2 is 1.75 bits per heavy atom. The number of carbonyl (C=O) groups excluding carboxylic acids is 1. The molecule has 1 heterocycles. The third-order valence-corrected chi connectivity index (χ3v) is 3.84. The lowest BCUT2D eigenvalue weighted by atomic mass is 9.94. The molecule has 24 heavy (non-hydrogen) atoms. The van der Waals surface area contributed by atoms with Gasteiger partial charge in [0, 0.05) is 26.7 Å². The molecule has 1 saturated carbocycles. The van der Waals surface area contributed by atoms with E-state index in [0.717, 1.165) is 0 Å². The van der Waals surface area contributed by atoms with Crippen molar-refractivity contribution in [3.8, 4) is 11.5 Å². The molecule has 0 aromatic heterocycles. The molecule has 0 saturated heterocycles. The fourth-order valence-electron chi connectivity index (χ4n) is 2.77. The molecule has 1 fully saturated rings. The second kappa shape index (κ2) is 6.95. The van der Waals surface area contributed by atoms with Gasteiger partial charge in [-0.05, 0) is 25.0 Å². The van der Waals surface area contributed by atoms with Gasteiger partial charge in [-0.15, -0.1) is 0 Å². The highest BCUT2D eigenvalue weighted by atomic mass is 19.3. The van der Waals surface area contributed by atoms with E-state index in [0.29, 0.717) is 11.5 Å². The molecule has 1 aromatic rings. The molecule has 4 nitrogen and oxygen atoms in total. The van der Waals surface area contributed by atoms with Crippen molar-refractivity contribution in [3.05, 3.63) is 23.8 Å². The predicted octanol–water partition coefficient (Wildman–Crippen LogP) is 4.95. The first-order valence-electron chi connectivity index (χ1n) is 8.36. The molecule has 0 amide bonds. The number of carbonyl (C=O) groups is 1. The van der Waals surface area contributed by atoms with Gasteiger partial charge in [-0.2, -0.15) is 0 Å². The number of cyclic esters (lactones) is 1. The normalized spacial score (nSPS) is 21.5. The minimum absolute atomic E-state index is 0.194. The highest BCUT2D eigenvalue weighted by molar-refractivity contribution is 5.96. The quantitative estimate of drug-likeness (QED) is 0.713. The molecule has 1 aliphatic carbocycles. The Morgan fingerprint density at radius 3 is 2.38 bits per heavy atom. The maximum atomic E-state index is 13.2. The Hall–Kier alpha value is -1.85. The molecule has 1 aromatic carbocycles. The summed E-state index contributed by atoms with van der Waals surface area (Å²) in [6, 6.07) is 5.01.